The van der Waals surface area contributed by atoms with Gasteiger partial charge in [-0.3, -0.25) is 0 Å². The van der Waals surface area contributed by atoms with Crippen molar-refractivity contribution in [3.63, 3.8) is 0 Å². The van der Waals surface area contributed by atoms with Crippen LogP contribution < -0.4 is 0 Å². The molecule has 0 bridgehead atoms. The average molecular weight is 182 g/mol. The van der Waals surface area contributed by atoms with Crippen LogP contribution in [0.15, 0.2) is 24.3 Å². The Morgan fingerprint density at radius 2 is 1.90 bits per heavy atom. The molecule has 0 amide bonds. The molecule has 0 aromatic rings. The summed E-state index contributed by atoms with van der Waals surface area (Å²) in [5, 5.41) is 0. The number of methoxy groups -OCH3 is 1. The van der Waals surface area contributed by atoms with Crippen LogP contribution >= 0.6 is 0 Å². The van der Waals surface area contributed by atoms with Crippen LogP contribution in [0.1, 0.15) is 0 Å². The summed E-state index contributed by atoms with van der Waals surface area (Å²) in [4.78, 5) is 0. The molecule has 0 spiro atoms. The number of allylic oxidation sites excluding steroid dienone is 2. The van der Waals surface area contributed by atoms with Gasteiger partial charge in [0.15, 0.2) is 0 Å². The normalized spacial score (nSPS) is 19.0. The minimum absolute atomic E-state index is 0. The molecule has 2 heteroatoms. The van der Waals surface area contributed by atoms with E-state index < -0.39 is 0 Å². The molecule has 1 unspecified atom stereocenters. The molecule has 1 aliphatic carbocycles. The van der Waals surface area contributed by atoms with E-state index in [4.69, 9.17) is 4.74 Å². The molecule has 0 N–H and O–H groups in total. The van der Waals surface area contributed by atoms with Crippen molar-refractivity contribution in [2.45, 2.75) is 6.10 Å². The predicted octanol–water partition coefficient (Wildman–Crippen LogP) is 1.58. The van der Waals surface area contributed by atoms with Crippen LogP contribution in [0.25, 0.3) is 0 Å². The Bertz CT molecular complexity index is 128. The fourth-order valence-corrected chi connectivity index (χ4v) is 0.854. The molecule has 1 rings (SSSR count). The minimum atomic E-state index is 0. The van der Waals surface area contributed by atoms with E-state index in [2.05, 4.69) is 19.1 Å². The maximum Gasteiger partial charge on any atom is 0.0669 e. The topological polar surface area (TPSA) is 9.23 Å². The van der Waals surface area contributed by atoms with Gasteiger partial charge >= 0.3 is 0 Å². The maximum absolute atomic E-state index is 5.02. The molecule has 0 saturated heterocycles. The molecule has 2 radical (unpaired) electrons. The monoisotopic (exact) mass is 182 g/mol. The second-order valence-corrected chi connectivity index (χ2v) is 2.12. The van der Waals surface area contributed by atoms with Crippen molar-refractivity contribution in [2.75, 3.05) is 7.11 Å². The number of rotatable bonds is 2. The zero-order valence-corrected chi connectivity index (χ0v) is 6.95. The Morgan fingerprint density at radius 1 is 1.40 bits per heavy atom. The van der Waals surface area contributed by atoms with Gasteiger partial charge in [0, 0.05) is 29.8 Å². The summed E-state index contributed by atoms with van der Waals surface area (Å²) >= 11 is 0. The predicted molar refractivity (Wildman–Crippen MR) is 37.9 cm³/mol. The van der Waals surface area contributed by atoms with E-state index in [1.54, 1.807) is 7.11 Å². The van der Waals surface area contributed by atoms with Crippen LogP contribution in [-0.4, -0.2) is 13.2 Å². The van der Waals surface area contributed by atoms with E-state index >= 15 is 0 Å². The smallest absolute Gasteiger partial charge is 0.0669 e. The fraction of sp³-hybridized carbons (Fsp3) is 0.375. The van der Waals surface area contributed by atoms with Gasteiger partial charge in [-0.15, -0.1) is 0 Å². The quantitative estimate of drug-likeness (QED) is 0.629. The van der Waals surface area contributed by atoms with Crippen molar-refractivity contribution in [2.24, 2.45) is 5.92 Å². The third kappa shape index (κ3) is 2.29. The van der Waals surface area contributed by atoms with Crippen molar-refractivity contribution < 1.29 is 21.5 Å². The molecule has 0 fully saturated rings. The third-order valence-electron chi connectivity index (χ3n) is 1.51. The largest absolute Gasteiger partial charge is 0.381 e. The van der Waals surface area contributed by atoms with Gasteiger partial charge in [-0.1, -0.05) is 24.3 Å². The van der Waals surface area contributed by atoms with Crippen LogP contribution in [0.2, 0.25) is 0 Å². The van der Waals surface area contributed by atoms with E-state index in [0.717, 1.165) is 0 Å². The Labute approximate surface area is 72.3 Å². The minimum Gasteiger partial charge on any atom is -0.381 e. The first-order valence-corrected chi connectivity index (χ1v) is 3.05. The van der Waals surface area contributed by atoms with E-state index in [1.165, 1.54) is 0 Å². The molecule has 0 heterocycles. The molecule has 0 aromatic carbocycles. The van der Waals surface area contributed by atoms with E-state index in [1.807, 2.05) is 12.2 Å². The van der Waals surface area contributed by atoms with Crippen molar-refractivity contribution in [1.82, 2.24) is 0 Å². The summed E-state index contributed by atoms with van der Waals surface area (Å²) in [5.74, 6) is 0.384. The number of hydrogen-bond donors (Lipinski definition) is 0. The van der Waals surface area contributed by atoms with Crippen LogP contribution in [0.4, 0.5) is 0 Å². The summed E-state index contributed by atoms with van der Waals surface area (Å²) in [5.41, 5.74) is 0. The standard InChI is InChI=1S/C8H11O.Co/c1-7(9-2)8-5-3-4-6-8;/h3-8H,1H2,2H3;. The summed E-state index contributed by atoms with van der Waals surface area (Å²) in [6.45, 7) is 3.81. The van der Waals surface area contributed by atoms with Crippen LogP contribution in [0.3, 0.4) is 0 Å². The molecular formula is C8H11CoO. The van der Waals surface area contributed by atoms with Crippen molar-refractivity contribution in [3.05, 3.63) is 31.2 Å². The van der Waals surface area contributed by atoms with Crippen molar-refractivity contribution >= 4 is 0 Å². The first-order chi connectivity index (χ1) is 4.34. The summed E-state index contributed by atoms with van der Waals surface area (Å²) in [6.07, 6.45) is 8.27. The van der Waals surface area contributed by atoms with Gasteiger partial charge in [-0.25, -0.2) is 0 Å². The molecule has 1 atom stereocenters. The molecule has 58 valence electrons. The Hall–Kier alpha value is -0.0535. The van der Waals surface area contributed by atoms with Crippen LogP contribution in [0.5, 0.6) is 0 Å². The van der Waals surface area contributed by atoms with Gasteiger partial charge in [0.1, 0.15) is 0 Å². The maximum atomic E-state index is 5.02. The summed E-state index contributed by atoms with van der Waals surface area (Å²) in [7, 11) is 1.68. The molecule has 0 aromatic heterocycles. The van der Waals surface area contributed by atoms with Gasteiger partial charge in [-0.05, 0) is 6.92 Å². The van der Waals surface area contributed by atoms with Crippen LogP contribution in [0, 0.1) is 12.8 Å². The molecule has 1 aliphatic rings. The molecule has 0 aliphatic heterocycles. The fourth-order valence-electron chi connectivity index (χ4n) is 0.854. The SMILES string of the molecule is [CH2]C(OC)C1C=CC=C1.[Co]. The van der Waals surface area contributed by atoms with Crippen molar-refractivity contribution in [1.29, 1.82) is 0 Å². The van der Waals surface area contributed by atoms with Gasteiger partial charge in [0.05, 0.1) is 6.10 Å². The zero-order chi connectivity index (χ0) is 6.69. The van der Waals surface area contributed by atoms with E-state index in [9.17, 15) is 0 Å². The zero-order valence-electron chi connectivity index (χ0n) is 5.91. The van der Waals surface area contributed by atoms with E-state index in [0.29, 0.717) is 5.92 Å². The summed E-state index contributed by atoms with van der Waals surface area (Å²) in [6, 6.07) is 0. The number of ether oxygens (including phenoxy) is 1. The molecular weight excluding hydrogens is 171 g/mol. The van der Waals surface area contributed by atoms with E-state index in [-0.39, 0.29) is 22.9 Å². The Balaban J connectivity index is 0.000000810. The van der Waals surface area contributed by atoms with Gasteiger partial charge in [0.25, 0.3) is 0 Å². The average Bonchev–Trinajstić information content (AvgIpc) is 2.37. The summed E-state index contributed by atoms with van der Waals surface area (Å²) < 4.78 is 5.02. The molecule has 0 saturated carbocycles. The number of hydrogen-bond acceptors (Lipinski definition) is 1. The third-order valence-corrected chi connectivity index (χ3v) is 1.51. The first kappa shape index (κ1) is 9.95. The Kier molecular flexibility index (Phi) is 4.69. The molecule has 10 heavy (non-hydrogen) atoms. The Morgan fingerprint density at radius 3 is 2.30 bits per heavy atom. The second kappa shape index (κ2) is 4.71. The van der Waals surface area contributed by atoms with Crippen molar-refractivity contribution in [3.8, 4) is 0 Å². The second-order valence-electron chi connectivity index (χ2n) is 2.12. The molecule has 1 nitrogen and oxygen atoms in total. The van der Waals surface area contributed by atoms with Gasteiger partial charge in [-0.2, -0.15) is 0 Å². The van der Waals surface area contributed by atoms with Crippen LogP contribution in [-0.2, 0) is 21.5 Å². The van der Waals surface area contributed by atoms with Gasteiger partial charge < -0.3 is 4.74 Å². The van der Waals surface area contributed by atoms with Gasteiger partial charge in [0.2, 0.25) is 0 Å². The first-order valence-electron chi connectivity index (χ1n) is 3.05.